The predicted molar refractivity (Wildman–Crippen MR) is 98.5 cm³/mol. The van der Waals surface area contributed by atoms with Crippen LogP contribution in [0.1, 0.15) is 27.6 Å². The van der Waals surface area contributed by atoms with Crippen molar-refractivity contribution in [3.8, 4) is 5.75 Å². The number of carbonyl (C=O) groups is 2. The Balaban J connectivity index is 1.85. The van der Waals surface area contributed by atoms with Crippen LogP contribution in [0, 0.1) is 10.1 Å². The Bertz CT molecular complexity index is 1130. The minimum Gasteiger partial charge on any atom is -0.423 e. The van der Waals surface area contributed by atoms with Gasteiger partial charge in [0.05, 0.1) is 10.5 Å². The first-order chi connectivity index (χ1) is 13.4. The van der Waals surface area contributed by atoms with E-state index in [-0.39, 0.29) is 28.1 Å². The standard InChI is InChI=1S/C19H14N2O7/c1-2-20-17(22)15-9-12-5-8-14(10-16(12)28-19(15)24)27-18(23)11-3-6-13(7-4-11)21(25)26/h3-10H,2H2,1H3,(H,20,22). The molecule has 1 aromatic heterocycles. The van der Waals surface area contributed by atoms with E-state index < -0.39 is 22.4 Å². The molecule has 0 atom stereocenters. The molecule has 0 unspecified atom stereocenters. The molecule has 0 spiro atoms. The summed E-state index contributed by atoms with van der Waals surface area (Å²) in [5, 5.41) is 13.7. The number of hydrogen-bond acceptors (Lipinski definition) is 7. The molecule has 0 aliphatic heterocycles. The largest absolute Gasteiger partial charge is 0.423 e. The van der Waals surface area contributed by atoms with Gasteiger partial charge in [0, 0.05) is 30.1 Å². The molecule has 1 heterocycles. The number of hydrogen-bond donors (Lipinski definition) is 1. The molecule has 3 rings (SSSR count). The van der Waals surface area contributed by atoms with E-state index in [1.807, 2.05) is 0 Å². The molecule has 2 aromatic carbocycles. The number of rotatable bonds is 5. The van der Waals surface area contributed by atoms with Gasteiger partial charge in [-0.25, -0.2) is 9.59 Å². The molecule has 0 radical (unpaired) electrons. The summed E-state index contributed by atoms with van der Waals surface area (Å²) in [6.07, 6.45) is 0. The number of non-ortho nitro benzene ring substituents is 1. The molecule has 0 aliphatic carbocycles. The van der Waals surface area contributed by atoms with E-state index in [9.17, 15) is 24.5 Å². The third-order valence-electron chi connectivity index (χ3n) is 3.81. The fraction of sp³-hybridized carbons (Fsp3) is 0.105. The molecule has 0 saturated carbocycles. The highest BCUT2D eigenvalue weighted by atomic mass is 16.6. The second kappa shape index (κ2) is 7.70. The number of nitrogens with one attached hydrogen (secondary N) is 1. The van der Waals surface area contributed by atoms with Crippen LogP contribution >= 0.6 is 0 Å². The lowest BCUT2D eigenvalue weighted by atomic mass is 10.1. The predicted octanol–water partition coefficient (Wildman–Crippen LogP) is 2.67. The van der Waals surface area contributed by atoms with E-state index in [0.29, 0.717) is 11.9 Å². The molecule has 0 aliphatic rings. The van der Waals surface area contributed by atoms with E-state index in [1.165, 1.54) is 42.5 Å². The van der Waals surface area contributed by atoms with Crippen molar-refractivity contribution in [1.82, 2.24) is 5.32 Å². The van der Waals surface area contributed by atoms with Crippen molar-refractivity contribution < 1.29 is 23.7 Å². The number of benzene rings is 2. The molecule has 1 N–H and O–H groups in total. The first-order valence-corrected chi connectivity index (χ1v) is 8.22. The zero-order valence-electron chi connectivity index (χ0n) is 14.6. The molecular formula is C19H14N2O7. The van der Waals surface area contributed by atoms with Gasteiger partial charge in [0.2, 0.25) is 0 Å². The lowest BCUT2D eigenvalue weighted by Gasteiger charge is -2.06. The van der Waals surface area contributed by atoms with Gasteiger partial charge in [-0.15, -0.1) is 0 Å². The van der Waals surface area contributed by atoms with E-state index in [0.717, 1.165) is 0 Å². The zero-order chi connectivity index (χ0) is 20.3. The molecule has 0 fully saturated rings. The molecule has 9 heteroatoms. The Morgan fingerprint density at radius 2 is 1.86 bits per heavy atom. The van der Waals surface area contributed by atoms with Crippen LogP contribution in [0.4, 0.5) is 5.69 Å². The fourth-order valence-corrected chi connectivity index (χ4v) is 2.45. The van der Waals surface area contributed by atoms with Crippen molar-refractivity contribution in [2.45, 2.75) is 6.92 Å². The van der Waals surface area contributed by atoms with Gasteiger partial charge in [-0.1, -0.05) is 0 Å². The lowest BCUT2D eigenvalue weighted by Crippen LogP contribution is -2.27. The highest BCUT2D eigenvalue weighted by molar-refractivity contribution is 5.97. The Labute approximate surface area is 157 Å². The van der Waals surface area contributed by atoms with Crippen LogP contribution in [-0.4, -0.2) is 23.3 Å². The first-order valence-electron chi connectivity index (χ1n) is 8.22. The Hall–Kier alpha value is -4.01. The highest BCUT2D eigenvalue weighted by Crippen LogP contribution is 2.22. The third kappa shape index (κ3) is 3.88. The summed E-state index contributed by atoms with van der Waals surface area (Å²) in [6.45, 7) is 2.10. The van der Waals surface area contributed by atoms with Gasteiger partial charge in [0.15, 0.2) is 0 Å². The van der Waals surface area contributed by atoms with Crippen LogP contribution in [0.5, 0.6) is 5.75 Å². The SMILES string of the molecule is CCNC(=O)c1cc2ccc(OC(=O)c3ccc([N+](=O)[O-])cc3)cc2oc1=O. The van der Waals surface area contributed by atoms with Gasteiger partial charge in [0.1, 0.15) is 16.9 Å². The lowest BCUT2D eigenvalue weighted by molar-refractivity contribution is -0.384. The van der Waals surface area contributed by atoms with Crippen LogP contribution in [0.2, 0.25) is 0 Å². The van der Waals surface area contributed by atoms with Crippen molar-refractivity contribution in [2.75, 3.05) is 6.54 Å². The molecule has 1 amide bonds. The number of amides is 1. The van der Waals surface area contributed by atoms with Crippen LogP contribution < -0.4 is 15.7 Å². The van der Waals surface area contributed by atoms with Crippen LogP contribution in [0.15, 0.2) is 57.7 Å². The molecule has 0 bridgehead atoms. The Morgan fingerprint density at radius 3 is 2.50 bits per heavy atom. The topological polar surface area (TPSA) is 129 Å². The second-order valence-corrected chi connectivity index (χ2v) is 5.70. The number of nitrogens with zero attached hydrogens (tertiary/aromatic N) is 1. The zero-order valence-corrected chi connectivity index (χ0v) is 14.6. The highest BCUT2D eigenvalue weighted by Gasteiger charge is 2.15. The first kappa shape index (κ1) is 18.8. The maximum atomic E-state index is 12.2. The maximum Gasteiger partial charge on any atom is 0.349 e. The average Bonchev–Trinajstić information content (AvgIpc) is 2.67. The minimum absolute atomic E-state index is 0.116. The summed E-state index contributed by atoms with van der Waals surface area (Å²) in [6, 6.07) is 10.7. The van der Waals surface area contributed by atoms with E-state index in [2.05, 4.69) is 5.32 Å². The number of nitro groups is 1. The summed E-state index contributed by atoms with van der Waals surface area (Å²) in [5.41, 5.74) is -0.806. The van der Waals surface area contributed by atoms with Crippen molar-refractivity contribution in [1.29, 1.82) is 0 Å². The summed E-state index contributed by atoms with van der Waals surface area (Å²) in [5.74, 6) is -1.15. The Kier molecular flexibility index (Phi) is 5.16. The van der Waals surface area contributed by atoms with Gasteiger partial charge in [-0.05, 0) is 37.3 Å². The van der Waals surface area contributed by atoms with E-state index in [4.69, 9.17) is 9.15 Å². The fourth-order valence-electron chi connectivity index (χ4n) is 2.45. The quantitative estimate of drug-likeness (QED) is 0.236. The summed E-state index contributed by atoms with van der Waals surface area (Å²) in [7, 11) is 0. The molecule has 28 heavy (non-hydrogen) atoms. The molecule has 3 aromatic rings. The van der Waals surface area contributed by atoms with Gasteiger partial charge in [-0.2, -0.15) is 0 Å². The third-order valence-corrected chi connectivity index (χ3v) is 3.81. The van der Waals surface area contributed by atoms with Crippen LogP contribution in [-0.2, 0) is 0 Å². The summed E-state index contributed by atoms with van der Waals surface area (Å²) >= 11 is 0. The van der Waals surface area contributed by atoms with Crippen molar-refractivity contribution >= 4 is 28.5 Å². The van der Waals surface area contributed by atoms with Gasteiger partial charge in [-0.3, -0.25) is 14.9 Å². The number of ether oxygens (including phenoxy) is 1. The molecule has 9 nitrogen and oxygen atoms in total. The van der Waals surface area contributed by atoms with E-state index in [1.54, 1.807) is 13.0 Å². The van der Waals surface area contributed by atoms with Crippen molar-refractivity contribution in [2.24, 2.45) is 0 Å². The average molecular weight is 382 g/mol. The smallest absolute Gasteiger partial charge is 0.349 e. The number of nitro benzene ring substituents is 1. The molecular weight excluding hydrogens is 368 g/mol. The van der Waals surface area contributed by atoms with Gasteiger partial charge >= 0.3 is 11.6 Å². The normalized spacial score (nSPS) is 10.5. The van der Waals surface area contributed by atoms with Gasteiger partial charge in [0.25, 0.3) is 11.6 Å². The van der Waals surface area contributed by atoms with Crippen LogP contribution in [0.3, 0.4) is 0 Å². The molecule has 0 saturated heterocycles. The number of fused-ring (bicyclic) bond motifs is 1. The maximum absolute atomic E-state index is 12.2. The van der Waals surface area contributed by atoms with Crippen molar-refractivity contribution in [3.63, 3.8) is 0 Å². The van der Waals surface area contributed by atoms with E-state index >= 15 is 0 Å². The van der Waals surface area contributed by atoms with Crippen LogP contribution in [0.25, 0.3) is 11.0 Å². The molecule has 142 valence electrons. The summed E-state index contributed by atoms with van der Waals surface area (Å²) < 4.78 is 10.4. The monoisotopic (exact) mass is 382 g/mol. The minimum atomic E-state index is -0.808. The number of carbonyl (C=O) groups excluding carboxylic acids is 2. The number of esters is 1. The summed E-state index contributed by atoms with van der Waals surface area (Å²) in [4.78, 5) is 46.1. The van der Waals surface area contributed by atoms with Crippen molar-refractivity contribution in [3.05, 3.63) is 80.2 Å². The van der Waals surface area contributed by atoms with Gasteiger partial charge < -0.3 is 14.5 Å². The Morgan fingerprint density at radius 1 is 1.14 bits per heavy atom. The second-order valence-electron chi connectivity index (χ2n) is 5.70.